The first-order chi connectivity index (χ1) is 9.23. The monoisotopic (exact) mass is 264 g/mol. The second-order valence-electron chi connectivity index (χ2n) is 5.13. The molecule has 0 bridgehead atoms. The summed E-state index contributed by atoms with van der Waals surface area (Å²) in [5.74, 6) is -0.459. The SMILES string of the molecule is CCC1(CC)OC(CCO)C(Cc2ccccc2)O1. The van der Waals surface area contributed by atoms with Gasteiger partial charge in [-0.3, -0.25) is 0 Å². The summed E-state index contributed by atoms with van der Waals surface area (Å²) in [5, 5.41) is 9.19. The van der Waals surface area contributed by atoms with Crippen molar-refractivity contribution in [3.8, 4) is 0 Å². The molecule has 0 amide bonds. The zero-order valence-electron chi connectivity index (χ0n) is 11.8. The third kappa shape index (κ3) is 3.35. The average Bonchev–Trinajstić information content (AvgIpc) is 2.79. The minimum Gasteiger partial charge on any atom is -0.396 e. The van der Waals surface area contributed by atoms with E-state index in [0.717, 1.165) is 19.3 Å². The van der Waals surface area contributed by atoms with Crippen molar-refractivity contribution >= 4 is 0 Å². The van der Waals surface area contributed by atoms with Gasteiger partial charge in [0.05, 0.1) is 12.2 Å². The zero-order chi connectivity index (χ0) is 13.7. The molecule has 1 aromatic rings. The van der Waals surface area contributed by atoms with Crippen molar-refractivity contribution < 1.29 is 14.6 Å². The predicted molar refractivity (Wildman–Crippen MR) is 74.9 cm³/mol. The molecule has 19 heavy (non-hydrogen) atoms. The number of rotatable bonds is 6. The minimum absolute atomic E-state index is 0.00916. The zero-order valence-corrected chi connectivity index (χ0v) is 11.8. The van der Waals surface area contributed by atoms with Crippen LogP contribution in [0.2, 0.25) is 0 Å². The van der Waals surface area contributed by atoms with Crippen molar-refractivity contribution in [2.75, 3.05) is 6.61 Å². The van der Waals surface area contributed by atoms with Gasteiger partial charge in [-0.25, -0.2) is 0 Å². The van der Waals surface area contributed by atoms with E-state index in [9.17, 15) is 5.11 Å². The van der Waals surface area contributed by atoms with E-state index in [2.05, 4.69) is 26.0 Å². The summed E-state index contributed by atoms with van der Waals surface area (Å²) in [6.07, 6.45) is 3.19. The Bertz CT molecular complexity index is 373. The van der Waals surface area contributed by atoms with Crippen LogP contribution in [0.1, 0.15) is 38.7 Å². The van der Waals surface area contributed by atoms with Gasteiger partial charge in [-0.15, -0.1) is 0 Å². The van der Waals surface area contributed by atoms with Crippen molar-refractivity contribution in [1.82, 2.24) is 0 Å². The lowest BCUT2D eigenvalue weighted by Gasteiger charge is -2.25. The van der Waals surface area contributed by atoms with Crippen LogP contribution in [0.4, 0.5) is 0 Å². The van der Waals surface area contributed by atoms with Gasteiger partial charge in [-0.2, -0.15) is 0 Å². The molecule has 0 spiro atoms. The quantitative estimate of drug-likeness (QED) is 0.858. The molecule has 1 aromatic carbocycles. The minimum atomic E-state index is -0.459. The highest BCUT2D eigenvalue weighted by atomic mass is 16.8. The van der Waals surface area contributed by atoms with Crippen LogP contribution in [0.5, 0.6) is 0 Å². The van der Waals surface area contributed by atoms with Crippen LogP contribution in [0.3, 0.4) is 0 Å². The van der Waals surface area contributed by atoms with Crippen molar-refractivity contribution in [2.45, 2.75) is 57.5 Å². The van der Waals surface area contributed by atoms with E-state index in [1.54, 1.807) is 0 Å². The van der Waals surface area contributed by atoms with Crippen LogP contribution in [0.15, 0.2) is 30.3 Å². The third-order valence-electron chi connectivity index (χ3n) is 3.92. The van der Waals surface area contributed by atoms with E-state index in [0.29, 0.717) is 6.42 Å². The molecule has 106 valence electrons. The van der Waals surface area contributed by atoms with Gasteiger partial charge >= 0.3 is 0 Å². The van der Waals surface area contributed by atoms with Gasteiger partial charge in [-0.05, 0) is 24.8 Å². The van der Waals surface area contributed by atoms with E-state index in [1.807, 2.05) is 18.2 Å². The maximum atomic E-state index is 9.19. The van der Waals surface area contributed by atoms with Gasteiger partial charge < -0.3 is 14.6 Å². The molecule has 0 aromatic heterocycles. The topological polar surface area (TPSA) is 38.7 Å². The molecule has 1 heterocycles. The Morgan fingerprint density at radius 1 is 1.05 bits per heavy atom. The molecule has 1 fully saturated rings. The second-order valence-corrected chi connectivity index (χ2v) is 5.13. The summed E-state index contributed by atoms with van der Waals surface area (Å²) in [6.45, 7) is 4.32. The van der Waals surface area contributed by atoms with E-state index >= 15 is 0 Å². The molecule has 1 aliphatic heterocycles. The highest BCUT2D eigenvalue weighted by molar-refractivity contribution is 5.16. The van der Waals surface area contributed by atoms with Gasteiger partial charge in [0.25, 0.3) is 0 Å². The molecule has 1 saturated heterocycles. The van der Waals surface area contributed by atoms with Gasteiger partial charge in [0.1, 0.15) is 0 Å². The van der Waals surface area contributed by atoms with Crippen LogP contribution in [-0.2, 0) is 15.9 Å². The Balaban J connectivity index is 2.08. The first kappa shape index (κ1) is 14.5. The lowest BCUT2D eigenvalue weighted by atomic mass is 10.0. The number of ether oxygens (including phenoxy) is 2. The molecule has 2 unspecified atom stereocenters. The Morgan fingerprint density at radius 2 is 1.68 bits per heavy atom. The van der Waals surface area contributed by atoms with Gasteiger partial charge in [0, 0.05) is 13.0 Å². The maximum absolute atomic E-state index is 9.19. The van der Waals surface area contributed by atoms with Crippen LogP contribution in [0, 0.1) is 0 Å². The lowest BCUT2D eigenvalue weighted by Crippen LogP contribution is -2.29. The Kier molecular flexibility index (Phi) is 4.97. The summed E-state index contributed by atoms with van der Waals surface area (Å²) >= 11 is 0. The van der Waals surface area contributed by atoms with Gasteiger partial charge in [-0.1, -0.05) is 44.2 Å². The van der Waals surface area contributed by atoms with Gasteiger partial charge in [0.2, 0.25) is 0 Å². The molecular weight excluding hydrogens is 240 g/mol. The summed E-state index contributed by atoms with van der Waals surface area (Å²) in [4.78, 5) is 0. The molecule has 1 aliphatic rings. The summed E-state index contributed by atoms with van der Waals surface area (Å²) < 4.78 is 12.3. The average molecular weight is 264 g/mol. The van der Waals surface area contributed by atoms with E-state index in [4.69, 9.17) is 9.47 Å². The largest absolute Gasteiger partial charge is 0.396 e. The van der Waals surface area contributed by atoms with Crippen molar-refractivity contribution in [3.63, 3.8) is 0 Å². The number of aliphatic hydroxyl groups excluding tert-OH is 1. The van der Waals surface area contributed by atoms with E-state index in [-0.39, 0.29) is 18.8 Å². The van der Waals surface area contributed by atoms with E-state index < -0.39 is 5.79 Å². The van der Waals surface area contributed by atoms with Crippen molar-refractivity contribution in [3.05, 3.63) is 35.9 Å². The smallest absolute Gasteiger partial charge is 0.168 e. The second kappa shape index (κ2) is 6.51. The van der Waals surface area contributed by atoms with Crippen LogP contribution >= 0.6 is 0 Å². The highest BCUT2D eigenvalue weighted by Crippen LogP contribution is 2.36. The van der Waals surface area contributed by atoms with E-state index in [1.165, 1.54) is 5.56 Å². The third-order valence-corrected chi connectivity index (χ3v) is 3.92. The molecule has 3 nitrogen and oxygen atoms in total. The highest BCUT2D eigenvalue weighted by Gasteiger charge is 2.44. The van der Waals surface area contributed by atoms with Crippen molar-refractivity contribution in [2.24, 2.45) is 0 Å². The fraction of sp³-hybridized carbons (Fsp3) is 0.625. The molecule has 3 heteroatoms. The first-order valence-corrected chi connectivity index (χ1v) is 7.23. The summed E-state index contributed by atoms with van der Waals surface area (Å²) in [5.41, 5.74) is 1.25. The Hall–Kier alpha value is -0.900. The molecule has 2 rings (SSSR count). The Morgan fingerprint density at radius 3 is 2.26 bits per heavy atom. The fourth-order valence-electron chi connectivity index (χ4n) is 2.71. The van der Waals surface area contributed by atoms with Crippen molar-refractivity contribution in [1.29, 1.82) is 0 Å². The number of hydrogen-bond donors (Lipinski definition) is 1. The summed E-state index contributed by atoms with van der Waals surface area (Å²) in [6, 6.07) is 10.3. The normalized spacial score (nSPS) is 25.6. The number of benzene rings is 1. The molecule has 0 saturated carbocycles. The van der Waals surface area contributed by atoms with Crippen LogP contribution in [0.25, 0.3) is 0 Å². The fourth-order valence-corrected chi connectivity index (χ4v) is 2.71. The first-order valence-electron chi connectivity index (χ1n) is 7.23. The molecular formula is C16H24O3. The molecule has 2 atom stereocenters. The molecule has 0 aliphatic carbocycles. The molecule has 0 radical (unpaired) electrons. The maximum Gasteiger partial charge on any atom is 0.168 e. The lowest BCUT2D eigenvalue weighted by molar-refractivity contribution is -0.179. The standard InChI is InChI=1S/C16H24O3/c1-3-16(4-2)18-14(10-11-17)15(19-16)12-13-8-6-5-7-9-13/h5-9,14-15,17H,3-4,10-12H2,1-2H3. The summed E-state index contributed by atoms with van der Waals surface area (Å²) in [7, 11) is 0. The Labute approximate surface area is 115 Å². The van der Waals surface area contributed by atoms with Crippen LogP contribution < -0.4 is 0 Å². The van der Waals surface area contributed by atoms with Crippen LogP contribution in [-0.4, -0.2) is 29.7 Å². The van der Waals surface area contributed by atoms with Gasteiger partial charge in [0.15, 0.2) is 5.79 Å². The number of aliphatic hydroxyl groups is 1. The molecule has 1 N–H and O–H groups in total. The predicted octanol–water partition coefficient (Wildman–Crippen LogP) is 2.91. The number of hydrogen-bond acceptors (Lipinski definition) is 3.